The van der Waals surface area contributed by atoms with Crippen LogP contribution in [0.4, 0.5) is 17.6 Å². The zero-order chi connectivity index (χ0) is 14.4. The number of fused-ring (bicyclic) bond motifs is 1. The Kier molecular flexibility index (Phi) is 3.21. The van der Waals surface area contributed by atoms with E-state index in [1.807, 2.05) is 0 Å². The quantitative estimate of drug-likeness (QED) is 0.810. The predicted molar refractivity (Wildman–Crippen MR) is 65.1 cm³/mol. The Bertz CT molecular complexity index is 736. The van der Waals surface area contributed by atoms with Gasteiger partial charge in [0.1, 0.15) is 5.82 Å². The van der Waals surface area contributed by atoms with Crippen LogP contribution in [0.1, 0.15) is 11.4 Å². The molecule has 0 atom stereocenters. The average Bonchev–Trinajstić information content (AvgIpc) is 2.30. The van der Waals surface area contributed by atoms with Gasteiger partial charge in [-0.25, -0.2) is 9.37 Å². The van der Waals surface area contributed by atoms with Crippen LogP contribution >= 0.6 is 15.9 Å². The topological polar surface area (TPSA) is 45.8 Å². The van der Waals surface area contributed by atoms with Crippen molar-refractivity contribution >= 4 is 32.9 Å². The van der Waals surface area contributed by atoms with Crippen LogP contribution in [-0.2, 0) is 6.18 Å². The highest BCUT2D eigenvalue weighted by atomic mass is 79.9. The fourth-order valence-corrected chi connectivity index (χ4v) is 2.01. The van der Waals surface area contributed by atoms with Gasteiger partial charge in [0.15, 0.2) is 0 Å². The Labute approximate surface area is 112 Å². The number of aromatic nitrogens is 2. The smallest absolute Gasteiger partial charge is 0.302 e. The lowest BCUT2D eigenvalue weighted by Crippen LogP contribution is -2.19. The van der Waals surface area contributed by atoms with Crippen molar-refractivity contribution in [1.82, 2.24) is 9.97 Å². The summed E-state index contributed by atoms with van der Waals surface area (Å²) in [6.07, 6.45) is -3.82. The first-order valence-corrected chi connectivity index (χ1v) is 5.66. The van der Waals surface area contributed by atoms with E-state index in [0.29, 0.717) is 0 Å². The Morgan fingerprint density at radius 2 is 2.05 bits per heavy atom. The number of benzene rings is 1. The van der Waals surface area contributed by atoms with Crippen molar-refractivity contribution in [3.63, 3.8) is 0 Å². The van der Waals surface area contributed by atoms with E-state index in [1.165, 1.54) is 0 Å². The first-order valence-electron chi connectivity index (χ1n) is 4.87. The molecule has 0 saturated heterocycles. The molecule has 1 aromatic carbocycles. The molecule has 0 fully saturated rings. The zero-order valence-electron chi connectivity index (χ0n) is 9.11. The molecule has 8 heteroatoms. The molecular weight excluding hydrogens is 332 g/mol. The van der Waals surface area contributed by atoms with E-state index in [9.17, 15) is 22.4 Å². The number of halogens is 5. The molecule has 0 unspecified atom stereocenters. The molecule has 1 N–H and O–H groups in total. The fraction of sp³-hybridized carbons (Fsp3) is 0.0909. The summed E-state index contributed by atoms with van der Waals surface area (Å²) < 4.78 is 51.3. The third-order valence-electron chi connectivity index (χ3n) is 2.40. The van der Waals surface area contributed by atoms with E-state index < -0.39 is 23.4 Å². The van der Waals surface area contributed by atoms with Gasteiger partial charge in [0.25, 0.3) is 5.56 Å². The molecule has 0 aliphatic carbocycles. The molecule has 2 rings (SSSR count). The van der Waals surface area contributed by atoms with Crippen LogP contribution in [0.5, 0.6) is 0 Å². The van der Waals surface area contributed by atoms with E-state index in [-0.39, 0.29) is 20.9 Å². The Morgan fingerprint density at radius 1 is 1.42 bits per heavy atom. The third-order valence-corrected chi connectivity index (χ3v) is 2.98. The highest BCUT2D eigenvalue weighted by Crippen LogP contribution is 2.30. The Balaban J connectivity index is 2.98. The van der Waals surface area contributed by atoms with Gasteiger partial charge in [-0.1, -0.05) is 12.7 Å². The first kappa shape index (κ1) is 13.7. The highest BCUT2D eigenvalue weighted by Gasteiger charge is 2.34. The van der Waals surface area contributed by atoms with E-state index in [2.05, 4.69) is 27.5 Å². The summed E-state index contributed by atoms with van der Waals surface area (Å²) in [5.74, 6) is -2.30. The van der Waals surface area contributed by atoms with Crippen molar-refractivity contribution in [2.24, 2.45) is 0 Å². The minimum absolute atomic E-state index is 0.0537. The zero-order valence-corrected chi connectivity index (χ0v) is 10.7. The normalized spacial score (nSPS) is 11.8. The Morgan fingerprint density at radius 3 is 2.58 bits per heavy atom. The Hall–Kier alpha value is -1.70. The minimum atomic E-state index is -4.82. The fourth-order valence-electron chi connectivity index (χ4n) is 1.56. The van der Waals surface area contributed by atoms with Crippen LogP contribution in [0.2, 0.25) is 0 Å². The number of nitrogens with zero attached hydrogens (tertiary/aromatic N) is 1. The summed E-state index contributed by atoms with van der Waals surface area (Å²) in [5, 5.41) is -0.156. The van der Waals surface area contributed by atoms with Crippen LogP contribution in [-0.4, -0.2) is 9.97 Å². The highest BCUT2D eigenvalue weighted by molar-refractivity contribution is 9.10. The molecule has 0 aliphatic rings. The molecule has 0 bridgehead atoms. The van der Waals surface area contributed by atoms with Gasteiger partial charge in [-0.3, -0.25) is 4.79 Å². The second-order valence-corrected chi connectivity index (χ2v) is 4.45. The lowest BCUT2D eigenvalue weighted by molar-refractivity contribution is -0.144. The van der Waals surface area contributed by atoms with Crippen LogP contribution in [0.3, 0.4) is 0 Å². The van der Waals surface area contributed by atoms with Crippen molar-refractivity contribution in [2.45, 2.75) is 6.18 Å². The number of hydrogen-bond donors (Lipinski definition) is 1. The van der Waals surface area contributed by atoms with Crippen LogP contribution in [0, 0.1) is 5.82 Å². The summed E-state index contributed by atoms with van der Waals surface area (Å²) in [7, 11) is 0. The number of rotatable bonds is 1. The van der Waals surface area contributed by atoms with E-state index in [4.69, 9.17) is 0 Å². The largest absolute Gasteiger partial charge is 0.449 e. The maximum atomic E-state index is 13.7. The van der Waals surface area contributed by atoms with Crippen molar-refractivity contribution in [1.29, 1.82) is 0 Å². The second kappa shape index (κ2) is 4.44. The summed E-state index contributed by atoms with van der Waals surface area (Å²) in [6.45, 7) is 3.31. The van der Waals surface area contributed by atoms with Gasteiger partial charge in [-0.2, -0.15) is 13.2 Å². The molecule has 3 nitrogen and oxygen atoms in total. The van der Waals surface area contributed by atoms with Crippen molar-refractivity contribution < 1.29 is 17.6 Å². The third kappa shape index (κ3) is 2.27. The van der Waals surface area contributed by atoms with E-state index in [0.717, 1.165) is 12.1 Å². The standard InChI is InChI=1S/C11H5BrF4N2O/c1-2-4-7(13)6(12)3-5-8(4)17-10(11(14,15)16)18-9(5)19/h2-3H,1H2,(H,17,18,19). The average molecular weight is 337 g/mol. The SMILES string of the molecule is C=Cc1c(F)c(Br)cc2c(=O)[nH]c(C(F)(F)F)nc12. The molecule has 0 aliphatic heterocycles. The first-order chi connectivity index (χ1) is 8.75. The number of nitrogens with one attached hydrogen (secondary N) is 1. The predicted octanol–water partition coefficient (Wildman–Crippen LogP) is 3.49. The van der Waals surface area contributed by atoms with Gasteiger partial charge in [-0.15, -0.1) is 0 Å². The van der Waals surface area contributed by atoms with Gasteiger partial charge in [0.05, 0.1) is 15.4 Å². The van der Waals surface area contributed by atoms with E-state index >= 15 is 0 Å². The minimum Gasteiger partial charge on any atom is -0.302 e. The van der Waals surface area contributed by atoms with E-state index in [1.54, 1.807) is 4.98 Å². The molecule has 1 aromatic heterocycles. The molecular formula is C11H5BrF4N2O. The van der Waals surface area contributed by atoms with Gasteiger partial charge >= 0.3 is 6.18 Å². The lowest BCUT2D eigenvalue weighted by atomic mass is 10.1. The molecule has 0 radical (unpaired) electrons. The van der Waals surface area contributed by atoms with Crippen LogP contribution in [0.25, 0.3) is 17.0 Å². The van der Waals surface area contributed by atoms with Crippen molar-refractivity contribution in [3.8, 4) is 0 Å². The van der Waals surface area contributed by atoms with Crippen LogP contribution < -0.4 is 5.56 Å². The number of H-pyrrole nitrogens is 1. The lowest BCUT2D eigenvalue weighted by Gasteiger charge is -2.09. The number of alkyl halides is 3. The number of aromatic amines is 1. The molecule has 0 amide bonds. The summed E-state index contributed by atoms with van der Waals surface area (Å²) in [5.41, 5.74) is -1.64. The van der Waals surface area contributed by atoms with Crippen molar-refractivity contribution in [2.75, 3.05) is 0 Å². The monoisotopic (exact) mass is 336 g/mol. The summed E-state index contributed by atoms with van der Waals surface area (Å²) >= 11 is 2.87. The summed E-state index contributed by atoms with van der Waals surface area (Å²) in [4.78, 5) is 16.5. The molecule has 0 spiro atoms. The maximum absolute atomic E-state index is 13.7. The van der Waals surface area contributed by atoms with Gasteiger partial charge in [0.2, 0.25) is 5.82 Å². The second-order valence-electron chi connectivity index (χ2n) is 3.60. The van der Waals surface area contributed by atoms with Gasteiger partial charge < -0.3 is 4.98 Å². The molecule has 1 heterocycles. The molecule has 19 heavy (non-hydrogen) atoms. The van der Waals surface area contributed by atoms with Gasteiger partial charge in [-0.05, 0) is 22.0 Å². The molecule has 100 valence electrons. The number of hydrogen-bond acceptors (Lipinski definition) is 2. The molecule has 2 aromatic rings. The van der Waals surface area contributed by atoms with Crippen molar-refractivity contribution in [3.05, 3.63) is 44.7 Å². The summed E-state index contributed by atoms with van der Waals surface area (Å²) in [6, 6.07) is 1.07. The molecule has 0 saturated carbocycles. The maximum Gasteiger partial charge on any atom is 0.449 e. The van der Waals surface area contributed by atoms with Crippen LogP contribution in [0.15, 0.2) is 21.9 Å². The van der Waals surface area contributed by atoms with Gasteiger partial charge in [0, 0.05) is 5.56 Å².